The molecular weight excluding hydrogens is 460 g/mol. The smallest absolute Gasteiger partial charge is 0.267 e. The molecule has 1 aliphatic heterocycles. The number of hydrogen-bond acceptors (Lipinski definition) is 3. The number of nitrogens with zero attached hydrogens (tertiary/aromatic N) is 1. The predicted octanol–water partition coefficient (Wildman–Crippen LogP) is 7.33. The molecule has 0 spiro atoms. The first kappa shape index (κ1) is 19.5. The molecule has 4 rings (SSSR count). The zero-order chi connectivity index (χ0) is 20.0. The third-order valence-corrected chi connectivity index (χ3v) is 6.89. The highest BCUT2D eigenvalue weighted by Gasteiger charge is 2.42. The van der Waals surface area contributed by atoms with Crippen LogP contribution in [0.25, 0.3) is 12.2 Å². The number of fused-ring (bicyclic) bond motifs is 1. The minimum Gasteiger partial charge on any atom is -0.268 e. The lowest BCUT2D eigenvalue weighted by Crippen LogP contribution is -2.30. The Morgan fingerprint density at radius 1 is 0.750 bits per heavy atom. The second-order valence-electron chi connectivity index (χ2n) is 5.86. The van der Waals surface area contributed by atoms with Crippen molar-refractivity contribution in [3.63, 3.8) is 0 Å². The highest BCUT2D eigenvalue weighted by Crippen LogP contribution is 2.46. The van der Waals surface area contributed by atoms with E-state index < -0.39 is 11.8 Å². The number of carbonyl (C=O) groups excluding carboxylic acids is 2. The van der Waals surface area contributed by atoms with Crippen LogP contribution < -0.4 is 4.90 Å². The Labute approximate surface area is 184 Å². The number of hydrogen-bond donors (Lipinski definition) is 0. The lowest BCUT2D eigenvalue weighted by Gasteiger charge is -2.16. The molecule has 0 radical (unpaired) electrons. The number of anilines is 1. The highest BCUT2D eigenvalue weighted by molar-refractivity contribution is 7.10. The molecular formula is C20H9Cl4NO2S. The Hall–Kier alpha value is -1.82. The van der Waals surface area contributed by atoms with Crippen molar-refractivity contribution in [3.8, 4) is 0 Å². The molecule has 3 aromatic rings. The van der Waals surface area contributed by atoms with Crippen molar-refractivity contribution in [2.75, 3.05) is 4.90 Å². The number of rotatable bonds is 3. The summed E-state index contributed by atoms with van der Waals surface area (Å²) in [5.74, 6) is -1.19. The van der Waals surface area contributed by atoms with Gasteiger partial charge in [0.1, 0.15) is 0 Å². The first-order chi connectivity index (χ1) is 13.4. The zero-order valence-electron chi connectivity index (χ0n) is 13.9. The molecule has 8 heteroatoms. The molecule has 0 unspecified atom stereocenters. The highest BCUT2D eigenvalue weighted by atomic mass is 35.5. The minimum atomic E-state index is -0.595. The zero-order valence-corrected chi connectivity index (χ0v) is 17.7. The van der Waals surface area contributed by atoms with Gasteiger partial charge in [-0.05, 0) is 29.2 Å². The van der Waals surface area contributed by atoms with Gasteiger partial charge in [0.2, 0.25) is 0 Å². The van der Waals surface area contributed by atoms with E-state index >= 15 is 0 Å². The van der Waals surface area contributed by atoms with Crippen LogP contribution in [0, 0.1) is 0 Å². The van der Waals surface area contributed by atoms with Gasteiger partial charge in [0.15, 0.2) is 0 Å². The molecule has 0 N–H and O–H groups in total. The quantitative estimate of drug-likeness (QED) is 0.229. The molecule has 0 atom stereocenters. The molecule has 1 aromatic heterocycles. The summed E-state index contributed by atoms with van der Waals surface area (Å²) in [7, 11) is 0. The molecule has 2 aromatic carbocycles. The standard InChI is InChI=1S/C20H9Cl4NO2S/c21-15-13-14(16(22)18(24)17(15)23)20(27)25(19(13)26)12-6-2-1-4-10(12)7-8-11-5-3-9-28-11/h1-9H/b8-7+. The van der Waals surface area contributed by atoms with E-state index in [-0.39, 0.29) is 31.2 Å². The van der Waals surface area contributed by atoms with Gasteiger partial charge in [0.05, 0.1) is 36.9 Å². The van der Waals surface area contributed by atoms with Gasteiger partial charge in [0.25, 0.3) is 11.8 Å². The molecule has 0 fully saturated rings. The van der Waals surface area contributed by atoms with Crippen molar-refractivity contribution in [1.29, 1.82) is 0 Å². The Kier molecular flexibility index (Phi) is 5.25. The minimum absolute atomic E-state index is 0.0388. The number of para-hydroxylation sites is 1. The van der Waals surface area contributed by atoms with Crippen molar-refractivity contribution in [1.82, 2.24) is 0 Å². The molecule has 0 aliphatic carbocycles. The molecule has 28 heavy (non-hydrogen) atoms. The monoisotopic (exact) mass is 467 g/mol. The van der Waals surface area contributed by atoms with Crippen LogP contribution in [0.2, 0.25) is 20.1 Å². The van der Waals surface area contributed by atoms with Gasteiger partial charge in [-0.15, -0.1) is 11.3 Å². The van der Waals surface area contributed by atoms with Crippen LogP contribution in [0.3, 0.4) is 0 Å². The van der Waals surface area contributed by atoms with Gasteiger partial charge in [-0.3, -0.25) is 9.59 Å². The van der Waals surface area contributed by atoms with E-state index in [0.717, 1.165) is 9.78 Å². The summed E-state index contributed by atoms with van der Waals surface area (Å²) in [6.07, 6.45) is 3.75. The Balaban J connectivity index is 1.84. The maximum Gasteiger partial charge on any atom is 0.267 e. The Morgan fingerprint density at radius 3 is 1.93 bits per heavy atom. The lowest BCUT2D eigenvalue weighted by atomic mass is 10.1. The Bertz CT molecular complexity index is 1110. The van der Waals surface area contributed by atoms with Gasteiger partial charge in [-0.1, -0.05) is 76.7 Å². The topological polar surface area (TPSA) is 37.4 Å². The average molecular weight is 469 g/mol. The summed E-state index contributed by atoms with van der Waals surface area (Å²) >= 11 is 26.1. The molecule has 2 amide bonds. The van der Waals surface area contributed by atoms with E-state index in [2.05, 4.69) is 0 Å². The number of carbonyl (C=O) groups is 2. The van der Waals surface area contributed by atoms with Crippen molar-refractivity contribution < 1.29 is 9.59 Å². The first-order valence-electron chi connectivity index (χ1n) is 7.97. The maximum absolute atomic E-state index is 13.1. The summed E-state index contributed by atoms with van der Waals surface area (Å²) in [5, 5.41) is 1.69. The normalized spacial score (nSPS) is 13.6. The second kappa shape index (κ2) is 7.54. The van der Waals surface area contributed by atoms with E-state index in [9.17, 15) is 9.59 Å². The van der Waals surface area contributed by atoms with Gasteiger partial charge >= 0.3 is 0 Å². The maximum atomic E-state index is 13.1. The summed E-state index contributed by atoms with van der Waals surface area (Å²) in [6.45, 7) is 0. The third kappa shape index (κ3) is 3.06. The Morgan fingerprint density at radius 2 is 1.36 bits per heavy atom. The van der Waals surface area contributed by atoms with Crippen LogP contribution in [0.5, 0.6) is 0 Å². The summed E-state index contributed by atoms with van der Waals surface area (Å²) in [6, 6.07) is 11.0. The third-order valence-electron chi connectivity index (χ3n) is 4.25. The fourth-order valence-electron chi connectivity index (χ4n) is 2.96. The van der Waals surface area contributed by atoms with Crippen molar-refractivity contribution in [3.05, 3.63) is 83.4 Å². The van der Waals surface area contributed by atoms with Gasteiger partial charge in [0, 0.05) is 4.88 Å². The van der Waals surface area contributed by atoms with E-state index in [1.165, 1.54) is 0 Å². The lowest BCUT2D eigenvalue weighted by molar-refractivity contribution is 0.0926. The summed E-state index contributed by atoms with van der Waals surface area (Å²) in [4.78, 5) is 28.2. The summed E-state index contributed by atoms with van der Waals surface area (Å²) < 4.78 is 0. The van der Waals surface area contributed by atoms with E-state index in [4.69, 9.17) is 46.4 Å². The fourth-order valence-corrected chi connectivity index (χ4v) is 4.59. The van der Waals surface area contributed by atoms with Crippen molar-refractivity contribution >= 4 is 87.4 Å². The number of amides is 2. The van der Waals surface area contributed by atoms with Crippen LogP contribution in [-0.2, 0) is 0 Å². The van der Waals surface area contributed by atoms with Crippen LogP contribution in [0.15, 0.2) is 41.8 Å². The average Bonchev–Trinajstić information content (AvgIpc) is 3.29. The number of thiophene rings is 1. The molecule has 0 saturated carbocycles. The van der Waals surface area contributed by atoms with E-state index in [0.29, 0.717) is 11.3 Å². The predicted molar refractivity (Wildman–Crippen MR) is 117 cm³/mol. The van der Waals surface area contributed by atoms with Crippen LogP contribution in [0.1, 0.15) is 31.2 Å². The fraction of sp³-hybridized carbons (Fsp3) is 0. The van der Waals surface area contributed by atoms with Crippen LogP contribution in [0.4, 0.5) is 5.69 Å². The van der Waals surface area contributed by atoms with Gasteiger partial charge in [-0.25, -0.2) is 4.90 Å². The number of benzene rings is 2. The van der Waals surface area contributed by atoms with Crippen molar-refractivity contribution in [2.45, 2.75) is 0 Å². The SMILES string of the molecule is O=C1c2c(Cl)c(Cl)c(Cl)c(Cl)c2C(=O)N1c1ccccc1/C=C/c1cccs1. The molecule has 2 heterocycles. The molecule has 0 bridgehead atoms. The molecule has 0 saturated heterocycles. The largest absolute Gasteiger partial charge is 0.268 e. The second-order valence-corrected chi connectivity index (χ2v) is 8.35. The first-order valence-corrected chi connectivity index (χ1v) is 10.4. The molecule has 1 aliphatic rings. The number of imide groups is 1. The van der Waals surface area contributed by atoms with Gasteiger partial charge in [-0.2, -0.15) is 0 Å². The summed E-state index contributed by atoms with van der Waals surface area (Å²) in [5.41, 5.74) is 1.03. The van der Waals surface area contributed by atoms with Crippen LogP contribution >= 0.6 is 57.7 Å². The molecule has 3 nitrogen and oxygen atoms in total. The molecule has 140 valence electrons. The van der Waals surface area contributed by atoms with E-state index in [1.807, 2.05) is 41.8 Å². The number of halogens is 4. The van der Waals surface area contributed by atoms with Crippen LogP contribution in [-0.4, -0.2) is 11.8 Å². The van der Waals surface area contributed by atoms with Gasteiger partial charge < -0.3 is 0 Å². The van der Waals surface area contributed by atoms with E-state index in [1.54, 1.807) is 23.5 Å². The van der Waals surface area contributed by atoms with Crippen molar-refractivity contribution in [2.24, 2.45) is 0 Å².